The minimum absolute atomic E-state index is 0.0258. The van der Waals surface area contributed by atoms with E-state index < -0.39 is 32.8 Å². The van der Waals surface area contributed by atoms with Gasteiger partial charge in [-0.25, -0.2) is 18.2 Å². The third-order valence-electron chi connectivity index (χ3n) is 4.60. The summed E-state index contributed by atoms with van der Waals surface area (Å²) < 4.78 is 70.5. The molecule has 0 radical (unpaired) electrons. The fourth-order valence-electron chi connectivity index (χ4n) is 3.02. The standard InChI is InChI=1S/C20H20F3N3O5S/c21-20(22,23)15-3-1-4-16(13-15)32(29,30)26-10-7-14(8-11-26)17-5-2-6-18(25-17)31-19(28)24-9-12-27/h1-7,13,27H,8-12H2,(H,24,28). The van der Waals surface area contributed by atoms with Crippen LogP contribution in [0.4, 0.5) is 18.0 Å². The van der Waals surface area contributed by atoms with Crippen molar-refractivity contribution in [1.29, 1.82) is 0 Å². The molecule has 0 fully saturated rings. The van der Waals surface area contributed by atoms with Crippen LogP contribution in [0.1, 0.15) is 17.7 Å². The highest BCUT2D eigenvalue weighted by atomic mass is 32.2. The van der Waals surface area contributed by atoms with E-state index in [4.69, 9.17) is 9.84 Å². The minimum Gasteiger partial charge on any atom is -0.395 e. The molecular weight excluding hydrogens is 451 g/mol. The van der Waals surface area contributed by atoms with Crippen LogP contribution in [0.3, 0.4) is 0 Å². The van der Waals surface area contributed by atoms with Crippen molar-refractivity contribution in [3.05, 3.63) is 59.8 Å². The van der Waals surface area contributed by atoms with Gasteiger partial charge in [0.1, 0.15) is 0 Å². The Hall–Kier alpha value is -2.96. The summed E-state index contributed by atoms with van der Waals surface area (Å²) in [6, 6.07) is 8.39. The first kappa shape index (κ1) is 23.7. The van der Waals surface area contributed by atoms with E-state index in [1.807, 2.05) is 0 Å². The van der Waals surface area contributed by atoms with E-state index in [1.54, 1.807) is 18.2 Å². The molecule has 0 aliphatic carbocycles. The number of amides is 1. The SMILES string of the molecule is O=C(NCCO)Oc1cccc(C2=CCN(S(=O)(=O)c3cccc(C(F)(F)F)c3)CC2)n1. The molecule has 32 heavy (non-hydrogen) atoms. The van der Waals surface area contributed by atoms with Gasteiger partial charge in [0.05, 0.1) is 22.8 Å². The molecule has 2 aromatic rings. The van der Waals surface area contributed by atoms with Gasteiger partial charge in [-0.05, 0) is 36.3 Å². The number of sulfonamides is 1. The van der Waals surface area contributed by atoms with Gasteiger partial charge in [0.15, 0.2) is 0 Å². The summed E-state index contributed by atoms with van der Waals surface area (Å²) in [4.78, 5) is 15.4. The Morgan fingerprint density at radius 2 is 1.97 bits per heavy atom. The largest absolute Gasteiger partial charge is 0.416 e. The molecule has 0 atom stereocenters. The number of hydrogen-bond acceptors (Lipinski definition) is 6. The van der Waals surface area contributed by atoms with Crippen molar-refractivity contribution in [3.8, 4) is 5.88 Å². The molecule has 172 valence electrons. The van der Waals surface area contributed by atoms with E-state index >= 15 is 0 Å². The second-order valence-corrected chi connectivity index (χ2v) is 8.71. The molecule has 2 heterocycles. The van der Waals surface area contributed by atoms with Crippen molar-refractivity contribution in [3.63, 3.8) is 0 Å². The number of ether oxygens (including phenoxy) is 1. The first-order chi connectivity index (χ1) is 15.1. The van der Waals surface area contributed by atoms with Gasteiger partial charge < -0.3 is 15.2 Å². The molecule has 0 spiro atoms. The Balaban J connectivity index is 1.73. The second kappa shape index (κ2) is 9.67. The molecule has 2 N–H and O–H groups in total. The Bertz CT molecular complexity index is 1120. The summed E-state index contributed by atoms with van der Waals surface area (Å²) >= 11 is 0. The number of halogens is 3. The molecule has 3 rings (SSSR count). The van der Waals surface area contributed by atoms with Crippen LogP contribution >= 0.6 is 0 Å². The van der Waals surface area contributed by atoms with Crippen molar-refractivity contribution in [2.75, 3.05) is 26.2 Å². The second-order valence-electron chi connectivity index (χ2n) is 6.77. The maximum atomic E-state index is 12.9. The maximum absolute atomic E-state index is 12.9. The summed E-state index contributed by atoms with van der Waals surface area (Å²) in [5, 5.41) is 11.0. The van der Waals surface area contributed by atoms with Gasteiger partial charge in [-0.2, -0.15) is 17.5 Å². The number of nitrogens with zero attached hydrogens (tertiary/aromatic N) is 2. The van der Waals surface area contributed by atoms with E-state index in [9.17, 15) is 26.4 Å². The van der Waals surface area contributed by atoms with Crippen LogP contribution in [0.5, 0.6) is 5.88 Å². The van der Waals surface area contributed by atoms with Gasteiger partial charge in [-0.3, -0.25) is 0 Å². The lowest BCUT2D eigenvalue weighted by molar-refractivity contribution is -0.137. The van der Waals surface area contributed by atoms with E-state index in [1.165, 1.54) is 6.07 Å². The zero-order valence-corrected chi connectivity index (χ0v) is 17.5. The molecule has 1 aliphatic rings. The number of carbonyl (C=O) groups excluding carboxylic acids is 1. The number of aliphatic hydroxyl groups is 1. The van der Waals surface area contributed by atoms with Crippen LogP contribution in [-0.2, 0) is 16.2 Å². The van der Waals surface area contributed by atoms with E-state index in [0.29, 0.717) is 17.3 Å². The van der Waals surface area contributed by atoms with E-state index in [0.717, 1.165) is 22.5 Å². The molecule has 0 bridgehead atoms. The predicted octanol–water partition coefficient (Wildman–Crippen LogP) is 2.66. The average molecular weight is 471 g/mol. The number of benzene rings is 1. The molecular formula is C20H20F3N3O5S. The summed E-state index contributed by atoms with van der Waals surface area (Å²) in [6.07, 6.45) is -3.54. The number of aliphatic hydroxyl groups excluding tert-OH is 1. The Morgan fingerprint density at radius 3 is 2.62 bits per heavy atom. The number of nitrogens with one attached hydrogen (secondary N) is 1. The van der Waals surface area contributed by atoms with Crippen LogP contribution < -0.4 is 10.1 Å². The molecule has 0 saturated carbocycles. The molecule has 8 nitrogen and oxygen atoms in total. The van der Waals surface area contributed by atoms with Crippen molar-refractivity contribution in [2.45, 2.75) is 17.5 Å². The number of rotatable bonds is 6. The zero-order chi connectivity index (χ0) is 23.4. The first-order valence-corrected chi connectivity index (χ1v) is 11.0. The number of pyridine rings is 1. The fourth-order valence-corrected chi connectivity index (χ4v) is 4.45. The van der Waals surface area contributed by atoms with Crippen molar-refractivity contribution in [1.82, 2.24) is 14.6 Å². The maximum Gasteiger partial charge on any atom is 0.416 e. The number of hydrogen-bond donors (Lipinski definition) is 2. The smallest absolute Gasteiger partial charge is 0.395 e. The molecule has 1 amide bonds. The van der Waals surface area contributed by atoms with Gasteiger partial charge in [0, 0.05) is 25.7 Å². The number of aromatic nitrogens is 1. The Labute approximate surface area is 182 Å². The highest BCUT2D eigenvalue weighted by molar-refractivity contribution is 7.89. The summed E-state index contributed by atoms with van der Waals surface area (Å²) in [7, 11) is -4.11. The lowest BCUT2D eigenvalue weighted by Crippen LogP contribution is -2.35. The van der Waals surface area contributed by atoms with Gasteiger partial charge >= 0.3 is 12.3 Å². The van der Waals surface area contributed by atoms with Crippen LogP contribution in [0.2, 0.25) is 0 Å². The molecule has 1 aliphatic heterocycles. The highest BCUT2D eigenvalue weighted by Gasteiger charge is 2.33. The third kappa shape index (κ3) is 5.64. The minimum atomic E-state index is -4.64. The molecule has 1 aromatic heterocycles. The molecule has 0 unspecified atom stereocenters. The molecule has 0 saturated heterocycles. The predicted molar refractivity (Wildman–Crippen MR) is 108 cm³/mol. The topological polar surface area (TPSA) is 109 Å². The van der Waals surface area contributed by atoms with Crippen molar-refractivity contribution < 1.29 is 36.2 Å². The average Bonchev–Trinajstić information content (AvgIpc) is 2.77. The highest BCUT2D eigenvalue weighted by Crippen LogP contribution is 2.32. The summed E-state index contributed by atoms with van der Waals surface area (Å²) in [5.41, 5.74) is 0.158. The van der Waals surface area contributed by atoms with Crippen molar-refractivity contribution in [2.24, 2.45) is 0 Å². The van der Waals surface area contributed by atoms with Gasteiger partial charge in [-0.1, -0.05) is 18.2 Å². The molecule has 1 aromatic carbocycles. The van der Waals surface area contributed by atoms with Gasteiger partial charge in [0.25, 0.3) is 0 Å². The number of alkyl halides is 3. The number of carbonyl (C=O) groups is 1. The third-order valence-corrected chi connectivity index (χ3v) is 6.46. The first-order valence-electron chi connectivity index (χ1n) is 9.51. The summed E-state index contributed by atoms with van der Waals surface area (Å²) in [5.74, 6) is 0.0258. The van der Waals surface area contributed by atoms with Crippen LogP contribution in [0.15, 0.2) is 53.4 Å². The van der Waals surface area contributed by atoms with Crippen molar-refractivity contribution >= 4 is 21.7 Å². The lowest BCUT2D eigenvalue weighted by Gasteiger charge is -2.26. The van der Waals surface area contributed by atoms with E-state index in [-0.39, 0.29) is 38.5 Å². The molecule has 12 heteroatoms. The van der Waals surface area contributed by atoms with Crippen LogP contribution in [0, 0.1) is 0 Å². The fraction of sp³-hybridized carbons (Fsp3) is 0.300. The quantitative estimate of drug-likeness (QED) is 0.671. The Kier molecular flexibility index (Phi) is 7.16. The van der Waals surface area contributed by atoms with Gasteiger partial charge in [-0.15, -0.1) is 0 Å². The summed E-state index contributed by atoms with van der Waals surface area (Å²) in [6.45, 7) is -0.207. The zero-order valence-electron chi connectivity index (χ0n) is 16.7. The van der Waals surface area contributed by atoms with E-state index in [2.05, 4.69) is 10.3 Å². The Morgan fingerprint density at radius 1 is 1.22 bits per heavy atom. The van der Waals surface area contributed by atoms with Crippen LogP contribution in [-0.4, -0.2) is 55.1 Å². The lowest BCUT2D eigenvalue weighted by atomic mass is 10.1. The monoisotopic (exact) mass is 471 g/mol. The normalized spacial score (nSPS) is 15.2. The van der Waals surface area contributed by atoms with Crippen LogP contribution in [0.25, 0.3) is 5.57 Å². The van der Waals surface area contributed by atoms with Gasteiger partial charge in [0.2, 0.25) is 15.9 Å².